The van der Waals surface area contributed by atoms with E-state index in [0.29, 0.717) is 67.3 Å². The molecule has 75 heavy (non-hydrogen) atoms. The molecule has 4 aliphatic heterocycles. The number of rotatable bonds is 31. The molecule has 10 nitrogen and oxygen atoms in total. The minimum absolute atomic E-state index is 0.523. The van der Waals surface area contributed by atoms with Crippen LogP contribution in [-0.4, -0.2) is 131 Å². The number of hydrogen-bond donors (Lipinski definition) is 0. The van der Waals surface area contributed by atoms with Crippen LogP contribution in [0.15, 0.2) is 72.8 Å². The van der Waals surface area contributed by atoms with E-state index in [1.165, 1.54) is 128 Å². The number of piperidine rings is 4. The fourth-order valence-corrected chi connectivity index (χ4v) is 11.6. The highest BCUT2D eigenvalue weighted by atomic mass is 16.6. The molecule has 4 fully saturated rings. The van der Waals surface area contributed by atoms with Crippen LogP contribution < -0.4 is 23.7 Å². The van der Waals surface area contributed by atoms with Crippen molar-refractivity contribution in [1.82, 2.24) is 19.6 Å². The van der Waals surface area contributed by atoms with Crippen molar-refractivity contribution >= 4 is 0 Å². The molecule has 0 atom stereocenters. The topological polar surface area (TPSA) is 82.9 Å². The van der Waals surface area contributed by atoms with E-state index < -0.39 is 0 Å². The zero-order valence-electron chi connectivity index (χ0n) is 46.3. The molecule has 8 rings (SSSR count). The van der Waals surface area contributed by atoms with Crippen molar-refractivity contribution in [3.8, 4) is 68.2 Å². The van der Waals surface area contributed by atoms with Crippen LogP contribution in [0.2, 0.25) is 0 Å². The summed E-state index contributed by atoms with van der Waals surface area (Å²) in [5.41, 5.74) is 7.01. The lowest BCUT2D eigenvalue weighted by Gasteiger charge is -2.30. The maximum absolute atomic E-state index is 9.36. The number of likely N-dealkylation sites (tertiary alicyclic amines) is 4. The van der Waals surface area contributed by atoms with Crippen LogP contribution in [0.1, 0.15) is 154 Å². The molecule has 4 saturated heterocycles. The van der Waals surface area contributed by atoms with E-state index in [0.717, 1.165) is 125 Å². The third kappa shape index (κ3) is 17.9. The average Bonchev–Trinajstić information content (AvgIpc) is 3.47. The van der Waals surface area contributed by atoms with Gasteiger partial charge in [0.25, 0.3) is 0 Å². The standard InChI is InChI=1S/C65H93N5O5/c1-2-3-4-5-6-7-8-9-10-23-48-71-63-61(72-49-44-67-36-15-11-16-37-67)60(59-34-32-58(33-35-59)57-30-28-56(29-31-57)55-26-24-54(53-66)25-27-55)62(73-50-45-68-38-17-12-18-39-68)64(74-51-46-69-40-19-13-20-41-69)65(63)75-52-47-70-42-21-14-22-43-70/h24-35H,2-23,36-52H2,1H3. The quantitative estimate of drug-likeness (QED) is 0.0455. The van der Waals surface area contributed by atoms with Crippen molar-refractivity contribution in [2.45, 2.75) is 148 Å². The summed E-state index contributed by atoms with van der Waals surface area (Å²) >= 11 is 0. The molecule has 0 N–H and O–H groups in total. The van der Waals surface area contributed by atoms with Crippen LogP contribution in [0.25, 0.3) is 33.4 Å². The van der Waals surface area contributed by atoms with Crippen molar-refractivity contribution < 1.29 is 23.7 Å². The molecule has 408 valence electrons. The van der Waals surface area contributed by atoms with Gasteiger partial charge < -0.3 is 23.7 Å². The van der Waals surface area contributed by atoms with E-state index in [1.807, 2.05) is 24.3 Å². The van der Waals surface area contributed by atoms with Crippen LogP contribution >= 0.6 is 0 Å². The first-order chi connectivity index (χ1) is 37.2. The Bertz CT molecular complexity index is 2260. The van der Waals surface area contributed by atoms with Crippen molar-refractivity contribution in [2.75, 3.05) is 112 Å². The second kappa shape index (κ2) is 32.1. The molecule has 0 saturated carbocycles. The lowest BCUT2D eigenvalue weighted by molar-refractivity contribution is 0.151. The molecule has 0 bridgehead atoms. The number of nitrogens with zero attached hydrogens (tertiary/aromatic N) is 5. The van der Waals surface area contributed by atoms with E-state index in [4.69, 9.17) is 23.7 Å². The molecular formula is C65H93N5O5. The van der Waals surface area contributed by atoms with Crippen molar-refractivity contribution in [3.63, 3.8) is 0 Å². The third-order valence-corrected chi connectivity index (χ3v) is 16.2. The number of benzene rings is 4. The third-order valence-electron chi connectivity index (χ3n) is 16.2. The van der Waals surface area contributed by atoms with Crippen molar-refractivity contribution in [1.29, 1.82) is 5.26 Å². The second-order valence-electron chi connectivity index (χ2n) is 21.9. The Morgan fingerprint density at radius 2 is 0.613 bits per heavy atom. The van der Waals surface area contributed by atoms with Gasteiger partial charge in [-0.1, -0.05) is 151 Å². The first kappa shape index (κ1) is 56.4. The molecule has 0 spiro atoms. The van der Waals surface area contributed by atoms with Crippen LogP contribution in [0, 0.1) is 11.3 Å². The van der Waals surface area contributed by atoms with Gasteiger partial charge in [0.05, 0.1) is 23.8 Å². The predicted octanol–water partition coefficient (Wildman–Crippen LogP) is 14.3. The first-order valence-electron chi connectivity index (χ1n) is 30.2. The predicted molar refractivity (Wildman–Crippen MR) is 308 cm³/mol. The van der Waals surface area contributed by atoms with Gasteiger partial charge >= 0.3 is 0 Å². The summed E-state index contributed by atoms with van der Waals surface area (Å²) in [6.07, 6.45) is 27.7. The second-order valence-corrected chi connectivity index (χ2v) is 21.9. The minimum atomic E-state index is 0.523. The summed E-state index contributed by atoms with van der Waals surface area (Å²) in [5.74, 6) is 3.31. The fourth-order valence-electron chi connectivity index (χ4n) is 11.6. The summed E-state index contributed by atoms with van der Waals surface area (Å²) in [7, 11) is 0. The largest absolute Gasteiger partial charge is 0.487 e. The van der Waals surface area contributed by atoms with E-state index in [1.54, 1.807) is 0 Å². The van der Waals surface area contributed by atoms with Gasteiger partial charge in [-0.3, -0.25) is 19.6 Å². The van der Waals surface area contributed by atoms with Gasteiger partial charge in [-0.2, -0.15) is 5.26 Å². The van der Waals surface area contributed by atoms with E-state index in [-0.39, 0.29) is 0 Å². The Balaban J connectivity index is 1.17. The summed E-state index contributed by atoms with van der Waals surface area (Å²) in [6.45, 7) is 17.2. The van der Waals surface area contributed by atoms with Crippen LogP contribution in [0.3, 0.4) is 0 Å². The van der Waals surface area contributed by atoms with Crippen LogP contribution in [0.4, 0.5) is 0 Å². The maximum atomic E-state index is 9.36. The lowest BCUT2D eigenvalue weighted by atomic mass is 9.96. The Kier molecular flexibility index (Phi) is 24.1. The zero-order chi connectivity index (χ0) is 51.5. The van der Waals surface area contributed by atoms with Crippen LogP contribution in [0.5, 0.6) is 28.7 Å². The van der Waals surface area contributed by atoms with Crippen molar-refractivity contribution in [3.05, 3.63) is 78.4 Å². The van der Waals surface area contributed by atoms with Gasteiger partial charge in [0.2, 0.25) is 17.2 Å². The highest BCUT2D eigenvalue weighted by Crippen LogP contribution is 2.58. The molecule has 4 heterocycles. The normalized spacial score (nSPS) is 17.1. The number of ether oxygens (including phenoxy) is 5. The molecule has 0 aromatic heterocycles. The Labute approximate surface area is 453 Å². The number of unbranched alkanes of at least 4 members (excludes halogenated alkanes) is 9. The van der Waals surface area contributed by atoms with Gasteiger partial charge in [0.15, 0.2) is 11.5 Å². The van der Waals surface area contributed by atoms with Gasteiger partial charge in [-0.25, -0.2) is 0 Å². The molecular weight excluding hydrogens is 931 g/mol. The Morgan fingerprint density at radius 3 is 0.960 bits per heavy atom. The molecule has 4 aromatic carbocycles. The summed E-state index contributed by atoms with van der Waals surface area (Å²) in [4.78, 5) is 10.2. The van der Waals surface area contributed by atoms with Gasteiger partial charge in [0.1, 0.15) is 26.4 Å². The van der Waals surface area contributed by atoms with E-state index >= 15 is 0 Å². The number of nitriles is 1. The maximum Gasteiger partial charge on any atom is 0.211 e. The van der Waals surface area contributed by atoms with E-state index in [2.05, 4.69) is 81.1 Å². The van der Waals surface area contributed by atoms with Gasteiger partial charge in [-0.15, -0.1) is 0 Å². The number of hydrogen-bond acceptors (Lipinski definition) is 10. The Hall–Kier alpha value is -4.79. The SMILES string of the molecule is CCCCCCCCCCCCOc1c(OCCN2CCCCC2)c(OCCN2CCCCC2)c(OCCN2CCCCC2)c(-c2ccc(-c3ccc(-c4ccc(C#N)cc4)cc3)cc2)c1OCCN1CCCCC1. The van der Waals surface area contributed by atoms with Gasteiger partial charge in [-0.05, 0) is 150 Å². The monoisotopic (exact) mass is 1020 g/mol. The molecule has 4 aromatic rings. The molecule has 0 unspecified atom stereocenters. The summed E-state index contributed by atoms with van der Waals surface area (Å²) < 4.78 is 36.1. The summed E-state index contributed by atoms with van der Waals surface area (Å²) in [6, 6.07) is 27.7. The molecule has 4 aliphatic rings. The zero-order valence-corrected chi connectivity index (χ0v) is 46.3. The highest BCUT2D eigenvalue weighted by Gasteiger charge is 2.33. The van der Waals surface area contributed by atoms with Crippen LogP contribution in [-0.2, 0) is 0 Å². The summed E-state index contributed by atoms with van der Waals surface area (Å²) in [5, 5.41) is 9.36. The minimum Gasteiger partial charge on any atom is -0.487 e. The Morgan fingerprint density at radius 1 is 0.333 bits per heavy atom. The lowest BCUT2D eigenvalue weighted by Crippen LogP contribution is -2.34. The highest BCUT2D eigenvalue weighted by molar-refractivity contribution is 5.87. The smallest absolute Gasteiger partial charge is 0.211 e. The average molecular weight is 1020 g/mol. The first-order valence-corrected chi connectivity index (χ1v) is 30.2. The van der Waals surface area contributed by atoms with Gasteiger partial charge in [0, 0.05) is 26.2 Å². The fraction of sp³-hybridized carbons (Fsp3) is 0.615. The molecule has 0 aliphatic carbocycles. The molecule has 10 heteroatoms. The van der Waals surface area contributed by atoms with E-state index in [9.17, 15) is 5.26 Å². The van der Waals surface area contributed by atoms with Crippen molar-refractivity contribution in [2.24, 2.45) is 0 Å². The molecule has 0 radical (unpaired) electrons. The molecule has 0 amide bonds.